The average Bonchev–Trinajstić information content (AvgIpc) is 3.18. The zero-order valence-corrected chi connectivity index (χ0v) is 15.6. The van der Waals surface area contributed by atoms with Crippen LogP contribution in [-0.4, -0.2) is 25.2 Å². The molecule has 0 amide bonds. The molecule has 1 atom stereocenters. The standard InChI is InChI=1S/C24H23N3/c1-27(2)24-13-7-12-23(24)22-11-6-5-10-20(22)17-25-26-21-15-14-18-8-3-4-9-19(18)16-21/h3-17,23,26H,1-2H3. The minimum absolute atomic E-state index is 0.267. The van der Waals surface area contributed by atoms with Crippen molar-refractivity contribution in [1.29, 1.82) is 0 Å². The number of nitrogens with zero attached hydrogens (tertiary/aromatic N) is 2. The lowest BCUT2D eigenvalue weighted by atomic mass is 9.93. The Kier molecular flexibility index (Phi) is 4.75. The third-order valence-corrected chi connectivity index (χ3v) is 4.88. The van der Waals surface area contributed by atoms with Crippen LogP contribution in [0.15, 0.2) is 95.8 Å². The Balaban J connectivity index is 1.56. The second-order valence-corrected chi connectivity index (χ2v) is 6.91. The number of likely N-dealkylation sites (N-methyl/N-ethyl adjacent to an activating group) is 1. The van der Waals surface area contributed by atoms with Gasteiger partial charge in [-0.1, -0.05) is 66.7 Å². The first-order valence-corrected chi connectivity index (χ1v) is 9.15. The van der Waals surface area contributed by atoms with Gasteiger partial charge in [0.1, 0.15) is 0 Å². The number of allylic oxidation sites excluding steroid dienone is 3. The Hall–Kier alpha value is -3.33. The van der Waals surface area contributed by atoms with Crippen molar-refractivity contribution < 1.29 is 0 Å². The summed E-state index contributed by atoms with van der Waals surface area (Å²) < 4.78 is 0. The molecular weight excluding hydrogens is 330 g/mol. The van der Waals surface area contributed by atoms with Gasteiger partial charge in [-0.25, -0.2) is 0 Å². The summed E-state index contributed by atoms with van der Waals surface area (Å²) in [5, 5.41) is 6.92. The SMILES string of the molecule is CN(C)C1=CC=CC1c1ccccc1C=NNc1ccc2ccccc2c1. The average molecular weight is 353 g/mol. The number of hydrogen-bond donors (Lipinski definition) is 1. The fraction of sp³-hybridized carbons (Fsp3) is 0.125. The summed E-state index contributed by atoms with van der Waals surface area (Å²) in [5.41, 5.74) is 7.82. The maximum absolute atomic E-state index is 4.49. The number of nitrogens with one attached hydrogen (secondary N) is 1. The monoisotopic (exact) mass is 353 g/mol. The molecule has 3 heteroatoms. The van der Waals surface area contributed by atoms with Gasteiger partial charge in [0.25, 0.3) is 0 Å². The van der Waals surface area contributed by atoms with E-state index in [-0.39, 0.29) is 5.92 Å². The Bertz CT molecular complexity index is 1040. The fourth-order valence-electron chi connectivity index (χ4n) is 3.50. The zero-order valence-electron chi connectivity index (χ0n) is 15.6. The van der Waals surface area contributed by atoms with Crippen LogP contribution in [0.2, 0.25) is 0 Å². The van der Waals surface area contributed by atoms with E-state index in [1.165, 1.54) is 22.0 Å². The van der Waals surface area contributed by atoms with E-state index in [1.54, 1.807) is 0 Å². The summed E-state index contributed by atoms with van der Waals surface area (Å²) in [6.07, 6.45) is 8.44. The summed E-state index contributed by atoms with van der Waals surface area (Å²) in [6, 6.07) is 23.0. The molecule has 0 heterocycles. The number of fused-ring (bicyclic) bond motifs is 1. The quantitative estimate of drug-likeness (QED) is 0.492. The van der Waals surface area contributed by atoms with E-state index in [2.05, 4.69) is 114 Å². The van der Waals surface area contributed by atoms with Gasteiger partial charge in [-0.3, -0.25) is 5.43 Å². The fourth-order valence-corrected chi connectivity index (χ4v) is 3.50. The Morgan fingerprint density at radius 3 is 2.56 bits per heavy atom. The van der Waals surface area contributed by atoms with E-state index < -0.39 is 0 Å². The molecule has 0 fully saturated rings. The molecule has 3 aromatic rings. The third-order valence-electron chi connectivity index (χ3n) is 4.88. The largest absolute Gasteiger partial charge is 0.380 e. The van der Waals surface area contributed by atoms with E-state index >= 15 is 0 Å². The molecule has 0 saturated carbocycles. The molecule has 0 bridgehead atoms. The van der Waals surface area contributed by atoms with Gasteiger partial charge >= 0.3 is 0 Å². The molecule has 0 spiro atoms. The molecule has 0 aromatic heterocycles. The molecular formula is C24H23N3. The highest BCUT2D eigenvalue weighted by atomic mass is 15.3. The first-order chi connectivity index (χ1) is 13.2. The first kappa shape index (κ1) is 17.1. The van der Waals surface area contributed by atoms with Crippen molar-refractivity contribution in [2.45, 2.75) is 5.92 Å². The summed E-state index contributed by atoms with van der Waals surface area (Å²) >= 11 is 0. The molecule has 134 valence electrons. The maximum Gasteiger partial charge on any atom is 0.0568 e. The number of anilines is 1. The van der Waals surface area contributed by atoms with Crippen LogP contribution < -0.4 is 5.43 Å². The lowest BCUT2D eigenvalue weighted by Gasteiger charge is -2.23. The second kappa shape index (κ2) is 7.50. The Labute approximate surface area is 160 Å². The zero-order chi connectivity index (χ0) is 18.6. The van der Waals surface area contributed by atoms with Gasteiger partial charge in [-0.2, -0.15) is 5.10 Å². The summed E-state index contributed by atoms with van der Waals surface area (Å²) in [4.78, 5) is 2.17. The molecule has 0 aliphatic heterocycles. The smallest absolute Gasteiger partial charge is 0.0568 e. The lowest BCUT2D eigenvalue weighted by Crippen LogP contribution is -2.16. The van der Waals surface area contributed by atoms with Gasteiger partial charge in [0.15, 0.2) is 0 Å². The highest BCUT2D eigenvalue weighted by Gasteiger charge is 2.20. The van der Waals surface area contributed by atoms with E-state index in [4.69, 9.17) is 0 Å². The summed E-state index contributed by atoms with van der Waals surface area (Å²) in [5.74, 6) is 0.267. The van der Waals surface area contributed by atoms with Gasteiger partial charge in [-0.15, -0.1) is 0 Å². The van der Waals surface area contributed by atoms with Crippen LogP contribution in [0.4, 0.5) is 5.69 Å². The van der Waals surface area contributed by atoms with Crippen molar-refractivity contribution in [3.63, 3.8) is 0 Å². The highest BCUT2D eigenvalue weighted by molar-refractivity contribution is 5.86. The molecule has 1 aliphatic carbocycles. The van der Waals surface area contributed by atoms with Gasteiger partial charge < -0.3 is 4.90 Å². The third kappa shape index (κ3) is 3.63. The Morgan fingerprint density at radius 1 is 0.926 bits per heavy atom. The molecule has 0 saturated heterocycles. The summed E-state index contributed by atoms with van der Waals surface area (Å²) in [6.45, 7) is 0. The van der Waals surface area contributed by atoms with Gasteiger partial charge in [0, 0.05) is 25.7 Å². The van der Waals surface area contributed by atoms with Crippen LogP contribution in [0, 0.1) is 0 Å². The van der Waals surface area contributed by atoms with Crippen molar-refractivity contribution in [2.75, 3.05) is 19.5 Å². The molecule has 0 radical (unpaired) electrons. The van der Waals surface area contributed by atoms with Crippen LogP contribution in [0.25, 0.3) is 10.8 Å². The van der Waals surface area contributed by atoms with Crippen molar-refractivity contribution in [3.8, 4) is 0 Å². The maximum atomic E-state index is 4.49. The van der Waals surface area contributed by atoms with Crippen molar-refractivity contribution in [2.24, 2.45) is 5.10 Å². The van der Waals surface area contributed by atoms with Crippen molar-refractivity contribution in [3.05, 3.63) is 102 Å². The van der Waals surface area contributed by atoms with Crippen LogP contribution in [0.1, 0.15) is 17.0 Å². The summed E-state index contributed by atoms with van der Waals surface area (Å²) in [7, 11) is 4.17. The predicted octanol–water partition coefficient (Wildman–Crippen LogP) is 5.38. The molecule has 1 N–H and O–H groups in total. The Morgan fingerprint density at radius 2 is 1.70 bits per heavy atom. The lowest BCUT2D eigenvalue weighted by molar-refractivity contribution is 0.487. The number of rotatable bonds is 5. The van der Waals surface area contributed by atoms with Crippen LogP contribution in [0.3, 0.4) is 0 Å². The van der Waals surface area contributed by atoms with Crippen molar-refractivity contribution in [1.82, 2.24) is 4.90 Å². The van der Waals surface area contributed by atoms with E-state index in [9.17, 15) is 0 Å². The van der Waals surface area contributed by atoms with Gasteiger partial charge in [0.05, 0.1) is 11.9 Å². The van der Waals surface area contributed by atoms with Gasteiger partial charge in [0.2, 0.25) is 0 Å². The van der Waals surface area contributed by atoms with Gasteiger partial charge in [-0.05, 0) is 40.1 Å². The first-order valence-electron chi connectivity index (χ1n) is 9.15. The highest BCUT2D eigenvalue weighted by Crippen LogP contribution is 2.32. The number of benzene rings is 3. The minimum atomic E-state index is 0.267. The van der Waals surface area contributed by atoms with E-state index in [1.807, 2.05) is 6.21 Å². The minimum Gasteiger partial charge on any atom is -0.380 e. The molecule has 27 heavy (non-hydrogen) atoms. The second-order valence-electron chi connectivity index (χ2n) is 6.91. The van der Waals surface area contributed by atoms with Crippen molar-refractivity contribution >= 4 is 22.7 Å². The molecule has 4 rings (SSSR count). The van der Waals surface area contributed by atoms with Crippen LogP contribution >= 0.6 is 0 Å². The predicted molar refractivity (Wildman–Crippen MR) is 115 cm³/mol. The van der Waals surface area contributed by atoms with E-state index in [0.717, 1.165) is 11.3 Å². The number of hydrazone groups is 1. The van der Waals surface area contributed by atoms with E-state index in [0.29, 0.717) is 0 Å². The van der Waals surface area contributed by atoms with Crippen LogP contribution in [0.5, 0.6) is 0 Å². The molecule has 3 nitrogen and oxygen atoms in total. The molecule has 3 aromatic carbocycles. The normalized spacial score (nSPS) is 16.1. The van der Waals surface area contributed by atoms with Crippen LogP contribution in [-0.2, 0) is 0 Å². The molecule has 1 unspecified atom stereocenters. The molecule has 1 aliphatic rings. The topological polar surface area (TPSA) is 27.6 Å². The number of hydrogen-bond acceptors (Lipinski definition) is 3.